The van der Waals surface area contributed by atoms with Gasteiger partial charge in [-0.3, -0.25) is 0 Å². The summed E-state index contributed by atoms with van der Waals surface area (Å²) < 4.78 is 7.38. The molecule has 3 aromatic rings. The van der Waals surface area contributed by atoms with E-state index < -0.39 is 0 Å². The first kappa shape index (κ1) is 13.9. The zero-order valence-corrected chi connectivity index (χ0v) is 13.1. The third-order valence-corrected chi connectivity index (χ3v) is 3.36. The summed E-state index contributed by atoms with van der Waals surface area (Å²) in [6, 6.07) is 7.97. The lowest BCUT2D eigenvalue weighted by Crippen LogP contribution is -2.00. The first-order chi connectivity index (χ1) is 10.2. The van der Waals surface area contributed by atoms with Gasteiger partial charge in [0.25, 0.3) is 0 Å². The second-order valence-electron chi connectivity index (χ2n) is 4.72. The van der Waals surface area contributed by atoms with Gasteiger partial charge in [-0.2, -0.15) is 0 Å². The molecule has 2 aromatic heterocycles. The molecule has 0 aliphatic carbocycles. The van der Waals surface area contributed by atoms with Crippen molar-refractivity contribution < 1.29 is 4.42 Å². The van der Waals surface area contributed by atoms with Crippen LogP contribution in [0.15, 0.2) is 34.9 Å². The Hall–Kier alpha value is -2.02. The predicted molar refractivity (Wildman–Crippen MR) is 81.1 cm³/mol. The zero-order chi connectivity index (χ0) is 14.7. The van der Waals surface area contributed by atoms with Crippen LogP contribution in [0, 0.1) is 6.92 Å². The molecule has 0 aliphatic rings. The van der Waals surface area contributed by atoms with Crippen LogP contribution in [0.25, 0.3) is 11.5 Å². The molecule has 0 saturated heterocycles. The highest BCUT2D eigenvalue weighted by Crippen LogP contribution is 2.19. The molecule has 0 atom stereocenters. The van der Waals surface area contributed by atoms with Gasteiger partial charge in [-0.25, -0.2) is 4.68 Å². The van der Waals surface area contributed by atoms with Crippen LogP contribution in [0.4, 0.5) is 0 Å². The molecule has 0 radical (unpaired) electrons. The number of aromatic nitrogens is 5. The van der Waals surface area contributed by atoms with Crippen molar-refractivity contribution in [2.24, 2.45) is 0 Å². The summed E-state index contributed by atoms with van der Waals surface area (Å²) >= 11 is 3.38. The highest BCUT2D eigenvalue weighted by molar-refractivity contribution is 9.09. The normalized spacial score (nSPS) is 11.0. The Bertz CT molecular complexity index is 736. The van der Waals surface area contributed by atoms with Crippen molar-refractivity contribution >= 4 is 15.9 Å². The Labute approximate surface area is 130 Å². The van der Waals surface area contributed by atoms with Crippen LogP contribution >= 0.6 is 15.9 Å². The first-order valence-electron chi connectivity index (χ1n) is 6.59. The fourth-order valence-electron chi connectivity index (χ4n) is 1.98. The Morgan fingerprint density at radius 2 is 2.14 bits per heavy atom. The quantitative estimate of drug-likeness (QED) is 0.663. The smallest absolute Gasteiger partial charge is 0.247 e. The molecular weight excluding hydrogens is 334 g/mol. The molecule has 7 heteroatoms. The van der Waals surface area contributed by atoms with E-state index in [9.17, 15) is 0 Å². The van der Waals surface area contributed by atoms with Crippen molar-refractivity contribution in [3.05, 3.63) is 47.6 Å². The molecule has 1 aromatic carbocycles. The van der Waals surface area contributed by atoms with Gasteiger partial charge in [-0.05, 0) is 19.1 Å². The Morgan fingerprint density at radius 1 is 1.24 bits per heavy atom. The average Bonchev–Trinajstić information content (AvgIpc) is 3.10. The predicted octanol–water partition coefficient (Wildman–Crippen LogP) is 2.62. The molecule has 21 heavy (non-hydrogen) atoms. The summed E-state index contributed by atoms with van der Waals surface area (Å²) in [5.41, 5.74) is 3.01. The van der Waals surface area contributed by atoms with E-state index in [2.05, 4.69) is 36.4 Å². The maximum Gasteiger partial charge on any atom is 0.247 e. The van der Waals surface area contributed by atoms with Crippen molar-refractivity contribution in [2.75, 3.05) is 5.33 Å². The van der Waals surface area contributed by atoms with Crippen molar-refractivity contribution in [3.8, 4) is 11.5 Å². The average molecular weight is 348 g/mol. The number of nitrogens with zero attached hydrogens (tertiary/aromatic N) is 5. The summed E-state index contributed by atoms with van der Waals surface area (Å²) in [4.78, 5) is 0. The molecule has 6 nitrogen and oxygen atoms in total. The molecule has 0 N–H and O–H groups in total. The van der Waals surface area contributed by atoms with Crippen molar-refractivity contribution in [1.82, 2.24) is 25.2 Å². The summed E-state index contributed by atoms with van der Waals surface area (Å²) in [6.45, 7) is 2.45. The van der Waals surface area contributed by atoms with E-state index in [1.165, 1.54) is 0 Å². The summed E-state index contributed by atoms with van der Waals surface area (Å²) in [5, 5.41) is 17.1. The summed E-state index contributed by atoms with van der Waals surface area (Å²) in [7, 11) is 0. The van der Waals surface area contributed by atoms with Gasteiger partial charge in [-0.15, -0.1) is 15.3 Å². The van der Waals surface area contributed by atoms with E-state index in [0.717, 1.165) is 28.6 Å². The molecular formula is C14H14BrN5O. The van der Waals surface area contributed by atoms with E-state index in [0.29, 0.717) is 18.3 Å². The number of benzene rings is 1. The number of hydrogen-bond donors (Lipinski definition) is 0. The molecule has 3 rings (SSSR count). The molecule has 108 valence electrons. The lowest BCUT2D eigenvalue weighted by molar-refractivity contribution is 0.469. The van der Waals surface area contributed by atoms with E-state index in [1.807, 2.05) is 37.4 Å². The van der Waals surface area contributed by atoms with E-state index in [4.69, 9.17) is 4.42 Å². The van der Waals surface area contributed by atoms with Gasteiger partial charge in [0, 0.05) is 23.5 Å². The third kappa shape index (κ3) is 3.36. The molecule has 0 bridgehead atoms. The first-order valence-corrected chi connectivity index (χ1v) is 7.71. The molecule has 0 spiro atoms. The van der Waals surface area contributed by atoms with Crippen LogP contribution in [0.3, 0.4) is 0 Å². The lowest BCUT2D eigenvalue weighted by atomic mass is 10.1. The molecule has 2 heterocycles. The van der Waals surface area contributed by atoms with Crippen molar-refractivity contribution in [2.45, 2.75) is 19.9 Å². The SMILES string of the molecule is Cc1cccc(-c2nnc(Cn3cc(CCBr)nn3)o2)c1. The third-order valence-electron chi connectivity index (χ3n) is 2.97. The van der Waals surface area contributed by atoms with Gasteiger partial charge < -0.3 is 4.42 Å². The number of rotatable bonds is 5. The molecule has 0 amide bonds. The van der Waals surface area contributed by atoms with E-state index in [-0.39, 0.29) is 0 Å². The number of hydrogen-bond acceptors (Lipinski definition) is 5. The van der Waals surface area contributed by atoms with Gasteiger partial charge in [0.1, 0.15) is 6.54 Å². The minimum atomic E-state index is 0.425. The minimum Gasteiger partial charge on any atom is -0.419 e. The molecule has 0 fully saturated rings. The van der Waals surface area contributed by atoms with Crippen LogP contribution in [0.5, 0.6) is 0 Å². The van der Waals surface area contributed by atoms with Crippen LogP contribution in [0.1, 0.15) is 17.1 Å². The lowest BCUT2D eigenvalue weighted by Gasteiger charge is -1.96. The Balaban J connectivity index is 1.75. The van der Waals surface area contributed by atoms with Crippen LogP contribution in [-0.2, 0) is 13.0 Å². The number of alkyl halides is 1. The van der Waals surface area contributed by atoms with Crippen molar-refractivity contribution in [3.63, 3.8) is 0 Å². The van der Waals surface area contributed by atoms with Gasteiger partial charge in [-0.1, -0.05) is 38.8 Å². The van der Waals surface area contributed by atoms with Gasteiger partial charge in [0.05, 0.1) is 5.69 Å². The summed E-state index contributed by atoms with van der Waals surface area (Å²) in [5.74, 6) is 1.04. The summed E-state index contributed by atoms with van der Waals surface area (Å²) in [6.07, 6.45) is 2.73. The fourth-order valence-corrected chi connectivity index (χ4v) is 2.38. The minimum absolute atomic E-state index is 0.425. The second-order valence-corrected chi connectivity index (χ2v) is 5.51. The maximum absolute atomic E-state index is 5.68. The zero-order valence-electron chi connectivity index (χ0n) is 11.5. The van der Waals surface area contributed by atoms with Gasteiger partial charge >= 0.3 is 0 Å². The number of aryl methyl sites for hydroxylation is 2. The highest BCUT2D eigenvalue weighted by Gasteiger charge is 2.10. The monoisotopic (exact) mass is 347 g/mol. The standard InChI is InChI=1S/C14H14BrN5O/c1-10-3-2-4-11(7-10)14-18-17-13(21-14)9-20-8-12(5-6-15)16-19-20/h2-4,7-8H,5-6,9H2,1H3. The Kier molecular flexibility index (Phi) is 4.10. The van der Waals surface area contributed by atoms with Crippen LogP contribution in [0.2, 0.25) is 0 Å². The fraction of sp³-hybridized carbons (Fsp3) is 0.286. The number of halogens is 1. The van der Waals surface area contributed by atoms with Gasteiger partial charge in [0.15, 0.2) is 0 Å². The van der Waals surface area contributed by atoms with Crippen molar-refractivity contribution in [1.29, 1.82) is 0 Å². The highest BCUT2D eigenvalue weighted by atomic mass is 79.9. The van der Waals surface area contributed by atoms with Crippen LogP contribution in [-0.4, -0.2) is 30.5 Å². The van der Waals surface area contributed by atoms with Crippen LogP contribution < -0.4 is 0 Å². The topological polar surface area (TPSA) is 69.6 Å². The molecule has 0 saturated carbocycles. The Morgan fingerprint density at radius 3 is 2.95 bits per heavy atom. The van der Waals surface area contributed by atoms with E-state index >= 15 is 0 Å². The molecule has 0 unspecified atom stereocenters. The largest absolute Gasteiger partial charge is 0.419 e. The van der Waals surface area contributed by atoms with E-state index in [1.54, 1.807) is 4.68 Å². The second kappa shape index (κ2) is 6.17. The maximum atomic E-state index is 5.68. The van der Waals surface area contributed by atoms with Gasteiger partial charge in [0.2, 0.25) is 11.8 Å². The molecule has 0 aliphatic heterocycles.